The molecule has 2 saturated carbocycles. The number of halogens is 1. The molecule has 2 atom stereocenters. The van der Waals surface area contributed by atoms with Crippen LogP contribution in [-0.4, -0.2) is 20.7 Å². The van der Waals surface area contributed by atoms with Crippen LogP contribution in [0, 0.1) is 5.41 Å². The van der Waals surface area contributed by atoms with E-state index >= 15 is 0 Å². The van der Waals surface area contributed by atoms with Crippen molar-refractivity contribution in [1.82, 2.24) is 9.78 Å². The topological polar surface area (TPSA) is 27.1 Å². The zero-order valence-corrected chi connectivity index (χ0v) is 13.4. The molecule has 2 aliphatic carbocycles. The maximum absolute atomic E-state index is 6.23. The molecule has 2 aliphatic rings. The van der Waals surface area contributed by atoms with Gasteiger partial charge in [-0.1, -0.05) is 35.2 Å². The molecule has 1 aromatic heterocycles. The molecule has 3 nitrogen and oxygen atoms in total. The normalized spacial score (nSPS) is 29.5. The lowest BCUT2D eigenvalue weighted by atomic mass is 9.58. The first-order chi connectivity index (χ1) is 9.12. The number of aromatic nitrogens is 2. The Morgan fingerprint density at radius 2 is 2.11 bits per heavy atom. The summed E-state index contributed by atoms with van der Waals surface area (Å²) >= 11 is 3.86. The molecule has 19 heavy (non-hydrogen) atoms. The van der Waals surface area contributed by atoms with Crippen molar-refractivity contribution in [2.45, 2.75) is 69.3 Å². The molecule has 106 valence electrons. The van der Waals surface area contributed by atoms with Crippen LogP contribution in [0.15, 0.2) is 12.4 Å². The highest BCUT2D eigenvalue weighted by Gasteiger charge is 2.55. The minimum Gasteiger partial charge on any atom is -0.486 e. The molecule has 2 unspecified atom stereocenters. The highest BCUT2D eigenvalue weighted by Crippen LogP contribution is 2.56. The van der Waals surface area contributed by atoms with Crippen molar-refractivity contribution in [2.75, 3.05) is 0 Å². The van der Waals surface area contributed by atoms with E-state index in [-0.39, 0.29) is 0 Å². The van der Waals surface area contributed by atoms with E-state index in [0.29, 0.717) is 22.4 Å². The molecule has 0 amide bonds. The van der Waals surface area contributed by atoms with Crippen LogP contribution in [0.1, 0.15) is 58.4 Å². The minimum atomic E-state index is 0.377. The van der Waals surface area contributed by atoms with Crippen molar-refractivity contribution in [3.63, 3.8) is 0 Å². The third kappa shape index (κ3) is 2.32. The van der Waals surface area contributed by atoms with Gasteiger partial charge >= 0.3 is 0 Å². The fourth-order valence-electron chi connectivity index (χ4n) is 3.54. The standard InChI is InChI=1S/C15H23BrN2O/c1-11(2)18-10-12(9-17-18)19-14-8-13(16)15(14)6-4-3-5-7-15/h9-11,13-14H,3-8H2,1-2H3. The lowest BCUT2D eigenvalue weighted by Crippen LogP contribution is -2.57. The summed E-state index contributed by atoms with van der Waals surface area (Å²) in [5.41, 5.74) is 0.387. The summed E-state index contributed by atoms with van der Waals surface area (Å²) in [7, 11) is 0. The van der Waals surface area contributed by atoms with Crippen molar-refractivity contribution >= 4 is 15.9 Å². The molecule has 0 radical (unpaired) electrons. The summed E-state index contributed by atoms with van der Waals surface area (Å²) in [4.78, 5) is 0.644. The van der Waals surface area contributed by atoms with Gasteiger partial charge in [0.25, 0.3) is 0 Å². The molecule has 1 spiro atoms. The molecule has 0 aromatic carbocycles. The predicted molar refractivity (Wildman–Crippen MR) is 79.9 cm³/mol. The van der Waals surface area contributed by atoms with Crippen LogP contribution in [0.25, 0.3) is 0 Å². The van der Waals surface area contributed by atoms with Crippen LogP contribution >= 0.6 is 15.9 Å². The summed E-state index contributed by atoms with van der Waals surface area (Å²) < 4.78 is 8.20. The zero-order chi connectivity index (χ0) is 13.5. The van der Waals surface area contributed by atoms with E-state index in [1.165, 1.54) is 32.1 Å². The summed E-state index contributed by atoms with van der Waals surface area (Å²) in [5.74, 6) is 0.933. The van der Waals surface area contributed by atoms with E-state index in [4.69, 9.17) is 4.74 Å². The van der Waals surface area contributed by atoms with Crippen LogP contribution < -0.4 is 4.74 Å². The van der Waals surface area contributed by atoms with Gasteiger partial charge in [-0.2, -0.15) is 5.10 Å². The van der Waals surface area contributed by atoms with Crippen molar-refractivity contribution in [1.29, 1.82) is 0 Å². The lowest BCUT2D eigenvalue weighted by Gasteiger charge is -2.55. The molecule has 1 aromatic rings. The summed E-state index contributed by atoms with van der Waals surface area (Å²) in [5, 5.41) is 4.36. The fraction of sp³-hybridized carbons (Fsp3) is 0.800. The van der Waals surface area contributed by atoms with Crippen molar-refractivity contribution in [3.8, 4) is 5.75 Å². The van der Waals surface area contributed by atoms with E-state index in [0.717, 1.165) is 12.2 Å². The Morgan fingerprint density at radius 1 is 1.37 bits per heavy atom. The van der Waals surface area contributed by atoms with Crippen molar-refractivity contribution < 1.29 is 4.74 Å². The Morgan fingerprint density at radius 3 is 2.68 bits per heavy atom. The first kappa shape index (κ1) is 13.5. The molecular weight excluding hydrogens is 304 g/mol. The van der Waals surface area contributed by atoms with Gasteiger partial charge in [0, 0.05) is 16.3 Å². The Labute approximate surface area is 123 Å². The van der Waals surface area contributed by atoms with Gasteiger partial charge in [0.15, 0.2) is 5.75 Å². The van der Waals surface area contributed by atoms with Crippen LogP contribution in [0.3, 0.4) is 0 Å². The van der Waals surface area contributed by atoms with E-state index in [1.54, 1.807) is 0 Å². The van der Waals surface area contributed by atoms with Gasteiger partial charge in [-0.05, 0) is 33.1 Å². The zero-order valence-electron chi connectivity index (χ0n) is 11.8. The van der Waals surface area contributed by atoms with Gasteiger partial charge in [-0.3, -0.25) is 4.68 Å². The van der Waals surface area contributed by atoms with Gasteiger partial charge in [-0.25, -0.2) is 0 Å². The Hall–Kier alpha value is -0.510. The Bertz CT molecular complexity index is 437. The molecule has 2 fully saturated rings. The number of nitrogens with zero attached hydrogens (tertiary/aromatic N) is 2. The number of alkyl halides is 1. The minimum absolute atomic E-state index is 0.377. The largest absolute Gasteiger partial charge is 0.486 e. The molecule has 3 rings (SSSR count). The molecule has 0 N–H and O–H groups in total. The van der Waals surface area contributed by atoms with E-state index in [9.17, 15) is 0 Å². The van der Waals surface area contributed by atoms with Crippen LogP contribution in [0.5, 0.6) is 5.75 Å². The number of rotatable bonds is 3. The van der Waals surface area contributed by atoms with Crippen molar-refractivity contribution in [3.05, 3.63) is 12.4 Å². The van der Waals surface area contributed by atoms with Gasteiger partial charge < -0.3 is 4.74 Å². The maximum atomic E-state index is 6.23. The third-order valence-electron chi connectivity index (χ3n) is 4.86. The molecule has 0 saturated heterocycles. The number of ether oxygens (including phenoxy) is 1. The van der Waals surface area contributed by atoms with Gasteiger partial charge in [0.1, 0.15) is 6.10 Å². The lowest BCUT2D eigenvalue weighted by molar-refractivity contribution is -0.0601. The van der Waals surface area contributed by atoms with Crippen molar-refractivity contribution in [2.24, 2.45) is 5.41 Å². The van der Waals surface area contributed by atoms with Gasteiger partial charge in [-0.15, -0.1) is 0 Å². The highest BCUT2D eigenvalue weighted by molar-refractivity contribution is 9.09. The summed E-state index contributed by atoms with van der Waals surface area (Å²) in [6.07, 6.45) is 12.1. The second-order valence-corrected chi connectivity index (χ2v) is 7.46. The second kappa shape index (κ2) is 5.12. The predicted octanol–water partition coefficient (Wildman–Crippen LogP) is 4.33. The molecule has 1 heterocycles. The quantitative estimate of drug-likeness (QED) is 0.773. The van der Waals surface area contributed by atoms with E-state index in [2.05, 4.69) is 34.9 Å². The first-order valence-electron chi connectivity index (χ1n) is 7.47. The first-order valence-corrected chi connectivity index (χ1v) is 8.38. The molecule has 4 heteroatoms. The molecule has 0 aliphatic heterocycles. The van der Waals surface area contributed by atoms with E-state index < -0.39 is 0 Å². The SMILES string of the molecule is CC(C)n1cc(OC2CC(Br)C23CCCCC3)cn1. The van der Waals surface area contributed by atoms with Gasteiger partial charge in [0.05, 0.1) is 12.4 Å². The number of hydrogen-bond acceptors (Lipinski definition) is 2. The third-order valence-corrected chi connectivity index (χ3v) is 6.14. The second-order valence-electron chi connectivity index (χ2n) is 6.35. The summed E-state index contributed by atoms with van der Waals surface area (Å²) in [6.45, 7) is 4.27. The summed E-state index contributed by atoms with van der Waals surface area (Å²) in [6, 6.07) is 0.395. The van der Waals surface area contributed by atoms with Crippen LogP contribution in [-0.2, 0) is 0 Å². The Balaban J connectivity index is 1.69. The van der Waals surface area contributed by atoms with Gasteiger partial charge in [0.2, 0.25) is 0 Å². The van der Waals surface area contributed by atoms with E-state index in [1.807, 2.05) is 17.1 Å². The Kier molecular flexibility index (Phi) is 3.63. The highest BCUT2D eigenvalue weighted by atomic mass is 79.9. The average molecular weight is 327 g/mol. The smallest absolute Gasteiger partial charge is 0.157 e. The molecule has 0 bridgehead atoms. The van der Waals surface area contributed by atoms with Crippen LogP contribution in [0.2, 0.25) is 0 Å². The average Bonchev–Trinajstić information content (AvgIpc) is 2.88. The van der Waals surface area contributed by atoms with Crippen LogP contribution in [0.4, 0.5) is 0 Å². The number of hydrogen-bond donors (Lipinski definition) is 0. The molecular formula is C15H23BrN2O. The maximum Gasteiger partial charge on any atom is 0.157 e. The fourth-order valence-corrected chi connectivity index (χ4v) is 4.63. The monoisotopic (exact) mass is 326 g/mol.